The number of anilines is 1. The Morgan fingerprint density at radius 3 is 2.79 bits per heavy atom. The second kappa shape index (κ2) is 6.91. The van der Waals surface area contributed by atoms with E-state index in [9.17, 15) is 4.79 Å². The Hall–Kier alpha value is -1.91. The second-order valence-corrected chi connectivity index (χ2v) is 7.48. The molecule has 1 aliphatic rings. The van der Waals surface area contributed by atoms with Crippen LogP contribution in [0.1, 0.15) is 26.7 Å². The molecule has 0 spiro atoms. The molecule has 4 heteroatoms. The summed E-state index contributed by atoms with van der Waals surface area (Å²) in [4.78, 5) is 14.7. The molecule has 3 rings (SSSR count). The summed E-state index contributed by atoms with van der Waals surface area (Å²) >= 11 is 0. The van der Waals surface area contributed by atoms with Crippen molar-refractivity contribution in [2.45, 2.75) is 32.7 Å². The van der Waals surface area contributed by atoms with Crippen LogP contribution in [0.25, 0.3) is 10.8 Å². The first-order chi connectivity index (χ1) is 11.5. The molecule has 1 aliphatic heterocycles. The van der Waals surface area contributed by atoms with Gasteiger partial charge in [-0.25, -0.2) is 0 Å². The second-order valence-electron chi connectivity index (χ2n) is 7.48. The molecule has 1 atom stereocenters. The maximum atomic E-state index is 12.4. The average Bonchev–Trinajstić information content (AvgIpc) is 2.56. The lowest BCUT2D eigenvalue weighted by Gasteiger charge is -2.42. The molecular weight excluding hydrogens is 298 g/mol. The van der Waals surface area contributed by atoms with Crippen molar-refractivity contribution in [2.75, 3.05) is 25.0 Å². The van der Waals surface area contributed by atoms with Gasteiger partial charge in [-0.15, -0.1) is 0 Å². The normalized spacial score (nSPS) is 20.9. The minimum Gasteiger partial charge on any atom is -0.327 e. The van der Waals surface area contributed by atoms with E-state index >= 15 is 0 Å². The number of piperidine rings is 1. The van der Waals surface area contributed by atoms with E-state index in [1.165, 1.54) is 0 Å². The third kappa shape index (κ3) is 3.77. The van der Waals surface area contributed by atoms with Gasteiger partial charge >= 0.3 is 0 Å². The van der Waals surface area contributed by atoms with Gasteiger partial charge in [0.05, 0.1) is 0 Å². The van der Waals surface area contributed by atoms with Crippen molar-refractivity contribution >= 4 is 22.4 Å². The van der Waals surface area contributed by atoms with E-state index in [2.05, 4.69) is 36.2 Å². The minimum absolute atomic E-state index is 0.0685. The fourth-order valence-electron chi connectivity index (χ4n) is 3.48. The van der Waals surface area contributed by atoms with Crippen LogP contribution in [0, 0.1) is 5.41 Å². The summed E-state index contributed by atoms with van der Waals surface area (Å²) in [5.74, 6) is 0.0685. The van der Waals surface area contributed by atoms with Crippen molar-refractivity contribution in [3.63, 3.8) is 0 Å². The molecule has 1 saturated heterocycles. The quantitative estimate of drug-likeness (QED) is 0.907. The average molecular weight is 325 g/mol. The maximum absolute atomic E-state index is 12.4. The Morgan fingerprint density at radius 2 is 2.00 bits per heavy atom. The van der Waals surface area contributed by atoms with Gasteiger partial charge in [0.1, 0.15) is 0 Å². The predicted octanol–water partition coefficient (Wildman–Crippen LogP) is 3.23. The highest BCUT2D eigenvalue weighted by Crippen LogP contribution is 2.28. The zero-order valence-corrected chi connectivity index (χ0v) is 14.6. The fourth-order valence-corrected chi connectivity index (χ4v) is 3.48. The van der Waals surface area contributed by atoms with Crippen molar-refractivity contribution < 1.29 is 4.79 Å². The van der Waals surface area contributed by atoms with Crippen LogP contribution in [0.5, 0.6) is 0 Å². The summed E-state index contributed by atoms with van der Waals surface area (Å²) in [6.45, 7) is 7.13. The number of hydrogen-bond acceptors (Lipinski definition) is 3. The highest BCUT2D eigenvalue weighted by molar-refractivity contribution is 6.02. The first-order valence-corrected chi connectivity index (χ1v) is 8.71. The molecule has 0 bridgehead atoms. The Kier molecular flexibility index (Phi) is 4.88. The molecule has 4 nitrogen and oxygen atoms in total. The van der Waals surface area contributed by atoms with E-state index in [-0.39, 0.29) is 17.4 Å². The molecule has 1 heterocycles. The first-order valence-electron chi connectivity index (χ1n) is 8.71. The molecule has 0 radical (unpaired) electrons. The lowest BCUT2D eigenvalue weighted by atomic mass is 9.79. The van der Waals surface area contributed by atoms with Gasteiger partial charge in [0.25, 0.3) is 0 Å². The van der Waals surface area contributed by atoms with Crippen LogP contribution in [-0.4, -0.2) is 36.5 Å². The Morgan fingerprint density at radius 1 is 1.25 bits per heavy atom. The number of nitrogens with one attached hydrogen (secondary N) is 1. The molecule has 0 aliphatic carbocycles. The number of amides is 1. The van der Waals surface area contributed by atoms with Gasteiger partial charge in [-0.05, 0) is 29.8 Å². The van der Waals surface area contributed by atoms with E-state index in [1.807, 2.05) is 30.3 Å². The van der Waals surface area contributed by atoms with Gasteiger partial charge in [0.15, 0.2) is 0 Å². The number of nitrogens with zero attached hydrogens (tertiary/aromatic N) is 1. The highest BCUT2D eigenvalue weighted by Gasteiger charge is 2.33. The zero-order chi connectivity index (χ0) is 17.2. The third-order valence-corrected chi connectivity index (χ3v) is 5.11. The SMILES string of the molecule is CC1(C)CN(CCC(=O)Nc2cccc3ccccc23)CCC1N. The summed E-state index contributed by atoms with van der Waals surface area (Å²) in [6.07, 6.45) is 1.51. The third-order valence-electron chi connectivity index (χ3n) is 5.11. The van der Waals surface area contributed by atoms with Crippen LogP contribution in [0.2, 0.25) is 0 Å². The van der Waals surface area contributed by atoms with E-state index < -0.39 is 0 Å². The molecule has 1 fully saturated rings. The molecule has 2 aromatic rings. The topological polar surface area (TPSA) is 58.4 Å². The van der Waals surface area contributed by atoms with E-state index in [0.717, 1.165) is 42.5 Å². The summed E-state index contributed by atoms with van der Waals surface area (Å²) in [5.41, 5.74) is 7.18. The largest absolute Gasteiger partial charge is 0.327 e. The predicted molar refractivity (Wildman–Crippen MR) is 100 cm³/mol. The number of likely N-dealkylation sites (tertiary alicyclic amines) is 1. The van der Waals surface area contributed by atoms with Gasteiger partial charge in [-0.3, -0.25) is 4.79 Å². The lowest BCUT2D eigenvalue weighted by molar-refractivity contribution is -0.116. The smallest absolute Gasteiger partial charge is 0.225 e. The van der Waals surface area contributed by atoms with Crippen molar-refractivity contribution in [1.82, 2.24) is 4.90 Å². The van der Waals surface area contributed by atoms with Crippen molar-refractivity contribution in [2.24, 2.45) is 11.1 Å². The van der Waals surface area contributed by atoms with E-state index in [4.69, 9.17) is 5.73 Å². The van der Waals surface area contributed by atoms with Gasteiger partial charge in [-0.2, -0.15) is 0 Å². The van der Waals surface area contributed by atoms with Crippen LogP contribution in [-0.2, 0) is 4.79 Å². The number of fused-ring (bicyclic) bond motifs is 1. The lowest BCUT2D eigenvalue weighted by Crippen LogP contribution is -2.52. The van der Waals surface area contributed by atoms with Crippen molar-refractivity contribution in [3.05, 3.63) is 42.5 Å². The number of carbonyl (C=O) groups excluding carboxylic acids is 1. The number of benzene rings is 2. The number of carbonyl (C=O) groups is 1. The monoisotopic (exact) mass is 325 g/mol. The summed E-state index contributed by atoms with van der Waals surface area (Å²) in [6, 6.07) is 14.4. The molecule has 24 heavy (non-hydrogen) atoms. The zero-order valence-electron chi connectivity index (χ0n) is 14.6. The molecular formula is C20H27N3O. The maximum Gasteiger partial charge on any atom is 0.225 e. The fraction of sp³-hybridized carbons (Fsp3) is 0.450. The van der Waals surface area contributed by atoms with Gasteiger partial charge in [0.2, 0.25) is 5.91 Å². The van der Waals surface area contributed by atoms with Gasteiger partial charge in [0, 0.05) is 36.6 Å². The van der Waals surface area contributed by atoms with E-state index in [1.54, 1.807) is 0 Å². The summed E-state index contributed by atoms with van der Waals surface area (Å²) < 4.78 is 0. The number of rotatable bonds is 4. The minimum atomic E-state index is 0.0685. The number of nitrogens with two attached hydrogens (primary N) is 1. The van der Waals surface area contributed by atoms with Crippen LogP contribution >= 0.6 is 0 Å². The molecule has 0 aromatic heterocycles. The highest BCUT2D eigenvalue weighted by atomic mass is 16.1. The molecule has 1 amide bonds. The summed E-state index contributed by atoms with van der Waals surface area (Å²) in [5, 5.41) is 5.29. The first kappa shape index (κ1) is 16.9. The molecule has 3 N–H and O–H groups in total. The Labute approximate surface area is 144 Å². The van der Waals surface area contributed by atoms with Crippen molar-refractivity contribution in [3.8, 4) is 0 Å². The van der Waals surface area contributed by atoms with Gasteiger partial charge in [-0.1, -0.05) is 50.2 Å². The van der Waals surface area contributed by atoms with Crippen molar-refractivity contribution in [1.29, 1.82) is 0 Å². The summed E-state index contributed by atoms with van der Waals surface area (Å²) in [7, 11) is 0. The Bertz CT molecular complexity index is 720. The van der Waals surface area contributed by atoms with Crippen LogP contribution in [0.4, 0.5) is 5.69 Å². The molecule has 128 valence electrons. The number of hydrogen-bond donors (Lipinski definition) is 2. The van der Waals surface area contributed by atoms with Crippen LogP contribution in [0.15, 0.2) is 42.5 Å². The van der Waals surface area contributed by atoms with Crippen LogP contribution in [0.3, 0.4) is 0 Å². The standard InChI is InChI=1S/C20H27N3O/c1-20(2)14-23(12-10-18(20)21)13-11-19(24)22-17-9-5-7-15-6-3-4-8-16(15)17/h3-9,18H,10-14,21H2,1-2H3,(H,22,24). The molecule has 1 unspecified atom stereocenters. The Balaban J connectivity index is 1.58. The molecule has 2 aromatic carbocycles. The molecule has 0 saturated carbocycles. The van der Waals surface area contributed by atoms with Gasteiger partial charge < -0.3 is 16.0 Å². The van der Waals surface area contributed by atoms with E-state index in [0.29, 0.717) is 6.42 Å². The van der Waals surface area contributed by atoms with Crippen LogP contribution < -0.4 is 11.1 Å².